The summed E-state index contributed by atoms with van der Waals surface area (Å²) >= 11 is 0. The Bertz CT molecular complexity index is 417. The lowest BCUT2D eigenvalue weighted by Gasteiger charge is -2.29. The molecule has 1 atom stereocenters. The molecule has 1 aromatic rings. The van der Waals surface area contributed by atoms with Gasteiger partial charge in [-0.3, -0.25) is 4.90 Å². The average Bonchev–Trinajstić information content (AvgIpc) is 2.39. The van der Waals surface area contributed by atoms with Crippen molar-refractivity contribution < 1.29 is 23.0 Å². The van der Waals surface area contributed by atoms with E-state index in [1.165, 1.54) is 18.2 Å². The van der Waals surface area contributed by atoms with E-state index in [4.69, 9.17) is 4.74 Å². The summed E-state index contributed by atoms with van der Waals surface area (Å²) in [5.74, 6) is 0. The van der Waals surface area contributed by atoms with E-state index < -0.39 is 17.8 Å². The van der Waals surface area contributed by atoms with Gasteiger partial charge in [-0.25, -0.2) is 0 Å². The summed E-state index contributed by atoms with van der Waals surface area (Å²) in [7, 11) is 0. The predicted octanol–water partition coefficient (Wildman–Crippen LogP) is 2.07. The van der Waals surface area contributed by atoms with Crippen LogP contribution in [0.3, 0.4) is 0 Å². The first-order valence-electron chi connectivity index (χ1n) is 6.13. The fraction of sp³-hybridized carbons (Fsp3) is 0.538. The number of halogens is 3. The molecule has 106 valence electrons. The van der Waals surface area contributed by atoms with Gasteiger partial charge in [0.05, 0.1) is 24.9 Å². The van der Waals surface area contributed by atoms with Gasteiger partial charge >= 0.3 is 6.18 Å². The minimum atomic E-state index is -4.44. The number of nitrogens with zero attached hydrogens (tertiary/aromatic N) is 1. The fourth-order valence-electron chi connectivity index (χ4n) is 2.17. The van der Waals surface area contributed by atoms with Crippen LogP contribution in [0.2, 0.25) is 0 Å². The Balaban J connectivity index is 2.12. The molecule has 0 aliphatic carbocycles. The average molecular weight is 275 g/mol. The number of alkyl halides is 3. The molecule has 1 heterocycles. The third-order valence-electron chi connectivity index (χ3n) is 3.16. The molecule has 19 heavy (non-hydrogen) atoms. The highest BCUT2D eigenvalue weighted by molar-refractivity contribution is 5.31. The SMILES string of the molecule is OC(CN1CCOCC1)c1ccccc1C(F)(F)F. The van der Waals surface area contributed by atoms with E-state index in [-0.39, 0.29) is 12.1 Å². The number of ether oxygens (including phenoxy) is 1. The van der Waals surface area contributed by atoms with Crippen LogP contribution in [0.5, 0.6) is 0 Å². The number of aliphatic hydroxyl groups is 1. The standard InChI is InChI=1S/C13H16F3NO2/c14-13(15,16)11-4-2-1-3-10(11)12(18)9-17-5-7-19-8-6-17/h1-4,12,18H,5-9H2. The van der Waals surface area contributed by atoms with Crippen LogP contribution in [0.1, 0.15) is 17.2 Å². The molecule has 1 aliphatic rings. The summed E-state index contributed by atoms with van der Waals surface area (Å²) in [5.41, 5.74) is -0.836. The van der Waals surface area contributed by atoms with Gasteiger partial charge in [-0.2, -0.15) is 13.2 Å². The topological polar surface area (TPSA) is 32.7 Å². The third kappa shape index (κ3) is 3.68. The lowest BCUT2D eigenvalue weighted by Crippen LogP contribution is -2.39. The smallest absolute Gasteiger partial charge is 0.387 e. The number of aliphatic hydroxyl groups excluding tert-OH is 1. The van der Waals surface area contributed by atoms with Crippen LogP contribution in [0, 0.1) is 0 Å². The van der Waals surface area contributed by atoms with Gasteiger partial charge < -0.3 is 9.84 Å². The van der Waals surface area contributed by atoms with E-state index in [1.54, 1.807) is 0 Å². The monoisotopic (exact) mass is 275 g/mol. The van der Waals surface area contributed by atoms with E-state index in [0.717, 1.165) is 6.07 Å². The van der Waals surface area contributed by atoms with E-state index in [9.17, 15) is 18.3 Å². The van der Waals surface area contributed by atoms with E-state index in [2.05, 4.69) is 0 Å². The van der Waals surface area contributed by atoms with Crippen LogP contribution >= 0.6 is 0 Å². The molecule has 1 unspecified atom stereocenters. The van der Waals surface area contributed by atoms with Gasteiger partial charge in [0.2, 0.25) is 0 Å². The molecule has 1 aliphatic heterocycles. The minimum Gasteiger partial charge on any atom is -0.387 e. The van der Waals surface area contributed by atoms with Gasteiger partial charge in [-0.1, -0.05) is 18.2 Å². The van der Waals surface area contributed by atoms with Crippen LogP contribution in [0.4, 0.5) is 13.2 Å². The molecule has 0 spiro atoms. The van der Waals surface area contributed by atoms with Crippen LogP contribution in [0.15, 0.2) is 24.3 Å². The number of rotatable bonds is 3. The summed E-state index contributed by atoms with van der Waals surface area (Å²) in [5, 5.41) is 10.0. The van der Waals surface area contributed by atoms with Crippen LogP contribution in [-0.2, 0) is 10.9 Å². The maximum atomic E-state index is 12.8. The van der Waals surface area contributed by atoms with Crippen molar-refractivity contribution in [3.8, 4) is 0 Å². The molecule has 1 fully saturated rings. The number of hydrogen-bond donors (Lipinski definition) is 1. The lowest BCUT2D eigenvalue weighted by molar-refractivity contribution is -0.139. The number of benzene rings is 1. The van der Waals surface area contributed by atoms with Crippen molar-refractivity contribution >= 4 is 0 Å². The van der Waals surface area contributed by atoms with Crippen molar-refractivity contribution in [1.82, 2.24) is 4.90 Å². The molecule has 2 rings (SSSR count). The van der Waals surface area contributed by atoms with Crippen molar-refractivity contribution in [3.05, 3.63) is 35.4 Å². The Labute approximate surface area is 109 Å². The van der Waals surface area contributed by atoms with Gasteiger partial charge in [0.1, 0.15) is 0 Å². The fourth-order valence-corrected chi connectivity index (χ4v) is 2.17. The highest BCUT2D eigenvalue weighted by atomic mass is 19.4. The molecule has 0 radical (unpaired) electrons. The quantitative estimate of drug-likeness (QED) is 0.916. The van der Waals surface area contributed by atoms with Crippen molar-refractivity contribution in [2.24, 2.45) is 0 Å². The van der Waals surface area contributed by atoms with Gasteiger partial charge in [0, 0.05) is 19.6 Å². The lowest BCUT2D eigenvalue weighted by atomic mass is 10.0. The Morgan fingerprint density at radius 1 is 1.21 bits per heavy atom. The molecule has 1 saturated heterocycles. The van der Waals surface area contributed by atoms with Gasteiger partial charge in [-0.05, 0) is 11.6 Å². The molecule has 1 N–H and O–H groups in total. The zero-order chi connectivity index (χ0) is 13.9. The zero-order valence-corrected chi connectivity index (χ0v) is 10.4. The summed E-state index contributed by atoms with van der Waals surface area (Å²) < 4.78 is 43.7. The van der Waals surface area contributed by atoms with Crippen LogP contribution in [0.25, 0.3) is 0 Å². The second-order valence-electron chi connectivity index (χ2n) is 4.51. The van der Waals surface area contributed by atoms with Crippen molar-refractivity contribution in [3.63, 3.8) is 0 Å². The Morgan fingerprint density at radius 2 is 1.84 bits per heavy atom. The molecule has 3 nitrogen and oxygen atoms in total. The normalized spacial score (nSPS) is 19.4. The molecule has 0 aromatic heterocycles. The highest BCUT2D eigenvalue weighted by Gasteiger charge is 2.34. The maximum absolute atomic E-state index is 12.8. The number of hydrogen-bond acceptors (Lipinski definition) is 3. The van der Waals surface area contributed by atoms with Gasteiger partial charge in [-0.15, -0.1) is 0 Å². The van der Waals surface area contributed by atoms with E-state index >= 15 is 0 Å². The third-order valence-corrected chi connectivity index (χ3v) is 3.16. The highest BCUT2D eigenvalue weighted by Crippen LogP contribution is 2.34. The van der Waals surface area contributed by atoms with Crippen molar-refractivity contribution in [1.29, 1.82) is 0 Å². The van der Waals surface area contributed by atoms with Crippen LogP contribution < -0.4 is 0 Å². The first-order chi connectivity index (χ1) is 8.98. The van der Waals surface area contributed by atoms with Gasteiger partial charge in [0.15, 0.2) is 0 Å². The minimum absolute atomic E-state index is 0.0681. The van der Waals surface area contributed by atoms with E-state index in [1.807, 2.05) is 4.90 Å². The summed E-state index contributed by atoms with van der Waals surface area (Å²) in [6.07, 6.45) is -5.58. The maximum Gasteiger partial charge on any atom is 0.416 e. The van der Waals surface area contributed by atoms with Crippen molar-refractivity contribution in [2.45, 2.75) is 12.3 Å². The first kappa shape index (κ1) is 14.3. The molecule has 0 bridgehead atoms. The van der Waals surface area contributed by atoms with Crippen LogP contribution in [-0.4, -0.2) is 42.9 Å². The Hall–Kier alpha value is -1.11. The molecular weight excluding hydrogens is 259 g/mol. The van der Waals surface area contributed by atoms with Gasteiger partial charge in [0.25, 0.3) is 0 Å². The van der Waals surface area contributed by atoms with Crippen molar-refractivity contribution in [2.75, 3.05) is 32.8 Å². The molecule has 1 aromatic carbocycles. The Kier molecular flexibility index (Phi) is 4.44. The van der Waals surface area contributed by atoms with E-state index in [0.29, 0.717) is 26.3 Å². The molecule has 0 saturated carbocycles. The summed E-state index contributed by atoms with van der Waals surface area (Å²) in [6, 6.07) is 5.16. The zero-order valence-electron chi connectivity index (χ0n) is 10.4. The predicted molar refractivity (Wildman–Crippen MR) is 63.7 cm³/mol. The molecular formula is C13H16F3NO2. The molecule has 6 heteroatoms. The Morgan fingerprint density at radius 3 is 2.47 bits per heavy atom. The molecule has 0 amide bonds. The summed E-state index contributed by atoms with van der Waals surface area (Å²) in [4.78, 5) is 1.90. The second-order valence-corrected chi connectivity index (χ2v) is 4.51. The summed E-state index contributed by atoms with van der Waals surface area (Å²) in [6.45, 7) is 2.55. The number of β-amino-alcohol motifs (C(OH)–C–C–N with tert-alkyl or cyclic N) is 1. The first-order valence-corrected chi connectivity index (χ1v) is 6.13. The number of morpholine rings is 1. The largest absolute Gasteiger partial charge is 0.416 e. The second kappa shape index (κ2) is 5.90.